The van der Waals surface area contributed by atoms with Gasteiger partial charge in [0.1, 0.15) is 5.82 Å². The zero-order chi connectivity index (χ0) is 15.6. The van der Waals surface area contributed by atoms with Crippen LogP contribution in [0.4, 0.5) is 0 Å². The van der Waals surface area contributed by atoms with Crippen molar-refractivity contribution in [2.24, 2.45) is 11.3 Å². The van der Waals surface area contributed by atoms with Gasteiger partial charge in [0.25, 0.3) is 0 Å². The minimum atomic E-state index is -0.605. The van der Waals surface area contributed by atoms with Crippen LogP contribution >= 0.6 is 0 Å². The number of carboxylic acids is 1. The predicted octanol–water partition coefficient (Wildman–Crippen LogP) is 2.81. The van der Waals surface area contributed by atoms with Crippen LogP contribution in [0.15, 0.2) is 12.4 Å². The molecule has 1 aromatic heterocycles. The lowest BCUT2D eigenvalue weighted by molar-refractivity contribution is -0.144. The Morgan fingerprint density at radius 2 is 2.18 bits per heavy atom. The SMILES string of the molecule is CCCn1ccnc1CNC1CC2(CCC(C(=O)O)CC2)C1. The zero-order valence-corrected chi connectivity index (χ0v) is 13.4. The monoisotopic (exact) mass is 305 g/mol. The summed E-state index contributed by atoms with van der Waals surface area (Å²) in [5, 5.41) is 12.7. The van der Waals surface area contributed by atoms with Gasteiger partial charge in [-0.3, -0.25) is 4.79 Å². The third kappa shape index (κ3) is 3.19. The summed E-state index contributed by atoms with van der Waals surface area (Å²) in [5.41, 5.74) is 0.433. The standard InChI is InChI=1S/C17H27N3O2/c1-2-8-20-9-7-18-15(20)12-19-14-10-17(11-14)5-3-13(4-6-17)16(21)22/h7,9,13-14,19H,2-6,8,10-12H2,1H3,(H,21,22). The molecular formula is C17H27N3O2. The van der Waals surface area contributed by atoms with Crippen molar-refractivity contribution in [1.29, 1.82) is 0 Å². The van der Waals surface area contributed by atoms with Gasteiger partial charge in [0, 0.05) is 25.0 Å². The first-order valence-corrected chi connectivity index (χ1v) is 8.58. The molecule has 0 amide bonds. The van der Waals surface area contributed by atoms with E-state index in [4.69, 9.17) is 5.11 Å². The molecule has 0 atom stereocenters. The van der Waals surface area contributed by atoms with E-state index in [-0.39, 0.29) is 5.92 Å². The molecule has 3 rings (SSSR count). The largest absolute Gasteiger partial charge is 0.481 e. The molecule has 5 nitrogen and oxygen atoms in total. The molecule has 2 fully saturated rings. The van der Waals surface area contributed by atoms with Crippen LogP contribution in [0.2, 0.25) is 0 Å². The summed E-state index contributed by atoms with van der Waals surface area (Å²) in [5.74, 6) is 0.420. The summed E-state index contributed by atoms with van der Waals surface area (Å²) in [6.45, 7) is 4.05. The van der Waals surface area contributed by atoms with Crippen LogP contribution < -0.4 is 5.32 Å². The van der Waals surface area contributed by atoms with E-state index in [1.807, 2.05) is 6.20 Å². The number of aromatic nitrogens is 2. The summed E-state index contributed by atoms with van der Waals surface area (Å²) in [7, 11) is 0. The molecule has 2 aliphatic rings. The quantitative estimate of drug-likeness (QED) is 0.848. The Hall–Kier alpha value is -1.36. The maximum Gasteiger partial charge on any atom is 0.306 e. The number of nitrogens with one attached hydrogen (secondary N) is 1. The summed E-state index contributed by atoms with van der Waals surface area (Å²) in [6.07, 6.45) is 11.4. The maximum absolute atomic E-state index is 11.0. The lowest BCUT2D eigenvalue weighted by Crippen LogP contribution is -2.50. The fourth-order valence-electron chi connectivity index (χ4n) is 4.20. The minimum Gasteiger partial charge on any atom is -0.481 e. The highest BCUT2D eigenvalue weighted by Crippen LogP contribution is 2.52. The molecule has 0 unspecified atom stereocenters. The number of hydrogen-bond acceptors (Lipinski definition) is 3. The summed E-state index contributed by atoms with van der Waals surface area (Å²) >= 11 is 0. The zero-order valence-electron chi connectivity index (χ0n) is 13.4. The van der Waals surface area contributed by atoms with Crippen molar-refractivity contribution < 1.29 is 9.90 Å². The van der Waals surface area contributed by atoms with Crippen LogP contribution in [0.5, 0.6) is 0 Å². The van der Waals surface area contributed by atoms with Gasteiger partial charge >= 0.3 is 5.97 Å². The van der Waals surface area contributed by atoms with E-state index in [1.54, 1.807) is 0 Å². The highest BCUT2D eigenvalue weighted by molar-refractivity contribution is 5.70. The number of carboxylic acid groups (broad SMARTS) is 1. The van der Waals surface area contributed by atoms with E-state index in [0.29, 0.717) is 11.5 Å². The van der Waals surface area contributed by atoms with E-state index >= 15 is 0 Å². The van der Waals surface area contributed by atoms with E-state index in [1.165, 1.54) is 12.8 Å². The summed E-state index contributed by atoms with van der Waals surface area (Å²) in [6, 6.07) is 0.577. The first-order valence-electron chi connectivity index (χ1n) is 8.58. The highest BCUT2D eigenvalue weighted by atomic mass is 16.4. The van der Waals surface area contributed by atoms with Gasteiger partial charge in [0.15, 0.2) is 0 Å². The van der Waals surface area contributed by atoms with Gasteiger partial charge in [0.05, 0.1) is 12.5 Å². The lowest BCUT2D eigenvalue weighted by Gasteiger charge is -2.51. The third-order valence-corrected chi connectivity index (χ3v) is 5.57. The van der Waals surface area contributed by atoms with Crippen molar-refractivity contribution in [1.82, 2.24) is 14.9 Å². The second kappa shape index (κ2) is 6.41. The van der Waals surface area contributed by atoms with Gasteiger partial charge in [-0.25, -0.2) is 4.98 Å². The number of aliphatic carboxylic acids is 1. The lowest BCUT2D eigenvalue weighted by atomic mass is 9.57. The smallest absolute Gasteiger partial charge is 0.306 e. The van der Waals surface area contributed by atoms with Crippen LogP contribution in [-0.4, -0.2) is 26.7 Å². The Bertz CT molecular complexity index is 510. The van der Waals surface area contributed by atoms with Crippen LogP contribution in [0, 0.1) is 11.3 Å². The molecule has 2 N–H and O–H groups in total. The molecule has 2 aliphatic carbocycles. The fraction of sp³-hybridized carbons (Fsp3) is 0.765. The second-order valence-electron chi connectivity index (χ2n) is 7.14. The van der Waals surface area contributed by atoms with Crippen molar-refractivity contribution in [3.8, 4) is 0 Å². The van der Waals surface area contributed by atoms with Crippen LogP contribution in [0.25, 0.3) is 0 Å². The van der Waals surface area contributed by atoms with Crippen LogP contribution in [0.3, 0.4) is 0 Å². The predicted molar refractivity (Wildman–Crippen MR) is 84.4 cm³/mol. The topological polar surface area (TPSA) is 67.2 Å². The van der Waals surface area contributed by atoms with Crippen LogP contribution in [0.1, 0.15) is 57.7 Å². The van der Waals surface area contributed by atoms with Crippen molar-refractivity contribution in [2.45, 2.75) is 71.0 Å². The Labute approximate surface area is 132 Å². The van der Waals surface area contributed by atoms with Crippen molar-refractivity contribution in [2.75, 3.05) is 0 Å². The van der Waals surface area contributed by atoms with Crippen molar-refractivity contribution >= 4 is 5.97 Å². The van der Waals surface area contributed by atoms with Gasteiger partial charge in [0.2, 0.25) is 0 Å². The number of imidazole rings is 1. The minimum absolute atomic E-state index is 0.0980. The van der Waals surface area contributed by atoms with Gasteiger partial charge in [-0.2, -0.15) is 0 Å². The molecule has 1 aromatic rings. The third-order valence-electron chi connectivity index (χ3n) is 5.57. The molecule has 22 heavy (non-hydrogen) atoms. The molecule has 0 aliphatic heterocycles. The number of hydrogen-bond donors (Lipinski definition) is 2. The molecule has 1 heterocycles. The van der Waals surface area contributed by atoms with Gasteiger partial charge in [-0.1, -0.05) is 6.92 Å². The van der Waals surface area contributed by atoms with Crippen molar-refractivity contribution in [3.05, 3.63) is 18.2 Å². The fourth-order valence-corrected chi connectivity index (χ4v) is 4.20. The van der Waals surface area contributed by atoms with Crippen molar-refractivity contribution in [3.63, 3.8) is 0 Å². The van der Waals surface area contributed by atoms with Gasteiger partial charge < -0.3 is 15.0 Å². The molecule has 122 valence electrons. The van der Waals surface area contributed by atoms with Gasteiger partial charge in [-0.05, 0) is 50.4 Å². The number of carbonyl (C=O) groups is 1. The van der Waals surface area contributed by atoms with E-state index < -0.39 is 5.97 Å². The first-order chi connectivity index (χ1) is 10.6. The Kier molecular flexibility index (Phi) is 4.52. The molecule has 5 heteroatoms. The summed E-state index contributed by atoms with van der Waals surface area (Å²) in [4.78, 5) is 15.5. The maximum atomic E-state index is 11.0. The second-order valence-corrected chi connectivity index (χ2v) is 7.14. The normalized spacial score (nSPS) is 31.1. The Balaban J connectivity index is 1.42. The van der Waals surface area contributed by atoms with Crippen LogP contribution in [-0.2, 0) is 17.9 Å². The van der Waals surface area contributed by atoms with Gasteiger partial charge in [-0.15, -0.1) is 0 Å². The average molecular weight is 305 g/mol. The first kappa shape index (κ1) is 15.5. The molecule has 0 saturated heterocycles. The molecule has 1 spiro atoms. The number of nitrogens with zero attached hydrogens (tertiary/aromatic N) is 2. The molecular weight excluding hydrogens is 278 g/mol. The van der Waals surface area contributed by atoms with E-state index in [9.17, 15) is 4.79 Å². The molecule has 0 bridgehead atoms. The highest BCUT2D eigenvalue weighted by Gasteiger charge is 2.46. The molecule has 2 saturated carbocycles. The molecule has 0 radical (unpaired) electrons. The summed E-state index contributed by atoms with van der Waals surface area (Å²) < 4.78 is 2.22. The average Bonchev–Trinajstić information content (AvgIpc) is 2.91. The Morgan fingerprint density at radius 1 is 1.45 bits per heavy atom. The molecule has 0 aromatic carbocycles. The Morgan fingerprint density at radius 3 is 2.82 bits per heavy atom. The van der Waals surface area contributed by atoms with E-state index in [0.717, 1.165) is 51.0 Å². The number of rotatable bonds is 6. The number of aryl methyl sites for hydroxylation is 1. The van der Waals surface area contributed by atoms with E-state index in [2.05, 4.69) is 28.0 Å².